The minimum Gasteiger partial charge on any atom is -0.396 e. The molecule has 25 heteroatoms. The van der Waals surface area contributed by atoms with Crippen LogP contribution >= 0.6 is 0 Å². The predicted molar refractivity (Wildman–Crippen MR) is 408 cm³/mol. The van der Waals surface area contributed by atoms with E-state index in [1.165, 1.54) is 24.8 Å². The van der Waals surface area contributed by atoms with Gasteiger partial charge in [-0.3, -0.25) is 0 Å². The van der Waals surface area contributed by atoms with Gasteiger partial charge in [-0.25, -0.2) is 0 Å². The van der Waals surface area contributed by atoms with E-state index in [-0.39, 0.29) is 103 Å². The molecule has 5 saturated heterocycles. The molecule has 15 rings (SSSR count). The van der Waals surface area contributed by atoms with Crippen LogP contribution in [0.3, 0.4) is 0 Å². The van der Waals surface area contributed by atoms with Gasteiger partial charge in [-0.2, -0.15) is 0 Å². The molecule has 3 unspecified atom stereocenters. The molecular weight excluding hydrogens is 1440 g/mol. The van der Waals surface area contributed by atoms with Crippen LogP contribution in [0, 0.1) is 106 Å². The first-order valence-electron chi connectivity index (χ1n) is 43.1. The molecule has 5 heterocycles. The van der Waals surface area contributed by atoms with Crippen LogP contribution in [0.4, 0.5) is 0 Å². The molecule has 13 fully saturated rings. The van der Waals surface area contributed by atoms with Gasteiger partial charge in [0.25, 0.3) is 0 Å². The van der Waals surface area contributed by atoms with E-state index in [0.717, 1.165) is 83.7 Å². The van der Waals surface area contributed by atoms with Crippen LogP contribution in [0.15, 0.2) is 23.8 Å². The highest BCUT2D eigenvalue weighted by molar-refractivity contribution is 5.39. The quantitative estimate of drug-likeness (QED) is 0.0715. The van der Waals surface area contributed by atoms with Crippen LogP contribution in [0.5, 0.6) is 0 Å². The molecule has 15 N–H and O–H groups in total. The van der Waals surface area contributed by atoms with Gasteiger partial charge < -0.3 is 124 Å². The Morgan fingerprint density at radius 2 is 0.955 bits per heavy atom. The third-order valence-corrected chi connectivity index (χ3v) is 36.4. The molecule has 0 aromatic heterocycles. The highest BCUT2D eigenvalue weighted by Crippen LogP contribution is 2.81. The number of fused-ring (bicyclic) bond motifs is 11. The van der Waals surface area contributed by atoms with Crippen LogP contribution < -0.4 is 0 Å². The fraction of sp³-hybridized carbons (Fsp3) is 0.954. The normalized spacial score (nSPS) is 57.9. The largest absolute Gasteiger partial charge is 0.396 e. The molecule has 0 amide bonds. The molecule has 0 aromatic carbocycles. The zero-order valence-electron chi connectivity index (χ0n) is 70.0. The number of ether oxygens (including phenoxy) is 10. The third-order valence-electron chi connectivity index (χ3n) is 36.4. The molecule has 5 aliphatic heterocycles. The minimum atomic E-state index is -1.73. The maximum absolute atomic E-state index is 12.3. The highest BCUT2D eigenvalue weighted by atomic mass is 16.8. The Labute approximate surface area is 664 Å². The molecule has 25 nitrogen and oxygen atoms in total. The summed E-state index contributed by atoms with van der Waals surface area (Å²) in [5.41, 5.74) is -0.586. The van der Waals surface area contributed by atoms with Crippen molar-refractivity contribution in [1.82, 2.24) is 0 Å². The Balaban J connectivity index is 0.000000186. The summed E-state index contributed by atoms with van der Waals surface area (Å²) in [7, 11) is 1.83. The van der Waals surface area contributed by atoms with E-state index >= 15 is 0 Å². The first-order valence-corrected chi connectivity index (χ1v) is 43.1. The number of methoxy groups -OCH3 is 1. The van der Waals surface area contributed by atoms with E-state index in [0.29, 0.717) is 30.1 Å². The van der Waals surface area contributed by atoms with Gasteiger partial charge in [0.1, 0.15) is 85.5 Å². The Bertz CT molecular complexity index is 3410. The molecule has 642 valence electrons. The molecule has 10 aliphatic carbocycles. The number of hydrogen-bond acceptors (Lipinski definition) is 25. The van der Waals surface area contributed by atoms with E-state index in [4.69, 9.17) is 47.4 Å². The lowest BCUT2D eigenvalue weighted by Crippen LogP contribution is -2.72. The summed E-state index contributed by atoms with van der Waals surface area (Å²) in [6.45, 7) is 35.9. The van der Waals surface area contributed by atoms with Gasteiger partial charge in [0.05, 0.1) is 75.3 Å². The molecule has 42 atom stereocenters. The Hall–Kier alpha value is -1.52. The van der Waals surface area contributed by atoms with E-state index in [1.54, 1.807) is 13.8 Å². The fourth-order valence-corrected chi connectivity index (χ4v) is 29.1. The predicted octanol–water partition coefficient (Wildman–Crippen LogP) is 5.86. The standard InChI is InChI=1S/C44H74O13.C43H70O12/c1-10-44-16-15-39(3,4)18-24(44)23-17-25(53-9)36-40(5)13-12-29(41(6,21-46)27(40)11-14-42(36,7)43(23,8)19-28(44)47)56-38-34(52)35(30(48)22(2)54-38)57-37-33(51)32(50)31(49)26(20-45)55-37;1-22-17-41(8)40(7)13-9-25-38(5,26(40)10-14-43(41)27-18-37(3,4)15-16-42(22,27)21-51-43)12-11-28(39(25,6)20-45)54-36-33(50)34(29(46)23(2)52-36)55-35-32(49)31(48)30(47)24(19-44)53-35/h17,22,24-38,45-52H,10-16,18-21H2,1-9H3;10,14,22-36,44-50H,9,11-13,15-21H2,1-8H3/t22-,24+,25-,26-,27-,28?,29+,30+,31-,32+,33-,34-,35+,36-,37+,38+,40+,41+,42-,43-,44+;22-,23-,24?,25-,26-,27-,28+,29+,30-,31-,32?,33-,34+,35+,36+,38+,39+,40-,41+,42+,43+/m11/s1. The maximum Gasteiger partial charge on any atom is 0.187 e. The van der Waals surface area contributed by atoms with E-state index in [2.05, 4.69) is 115 Å². The van der Waals surface area contributed by atoms with Gasteiger partial charge in [0.15, 0.2) is 25.2 Å². The van der Waals surface area contributed by atoms with Crippen LogP contribution in [0.25, 0.3) is 0 Å². The molecular formula is C87H144O25. The average Bonchev–Trinajstić information content (AvgIpc) is 1.41. The molecule has 15 aliphatic rings. The van der Waals surface area contributed by atoms with Crippen LogP contribution in [0.2, 0.25) is 0 Å². The monoisotopic (exact) mass is 1590 g/mol. The molecule has 1 spiro atoms. The third kappa shape index (κ3) is 12.6. The molecule has 112 heavy (non-hydrogen) atoms. The fourth-order valence-electron chi connectivity index (χ4n) is 29.1. The zero-order valence-corrected chi connectivity index (χ0v) is 70.0. The van der Waals surface area contributed by atoms with Crippen molar-refractivity contribution < 1.29 is 124 Å². The lowest BCUT2D eigenvalue weighted by Gasteiger charge is -2.73. The summed E-state index contributed by atoms with van der Waals surface area (Å²) >= 11 is 0. The number of hydrogen-bond donors (Lipinski definition) is 15. The Morgan fingerprint density at radius 3 is 1.46 bits per heavy atom. The average molecular weight is 1590 g/mol. The van der Waals surface area contributed by atoms with E-state index in [1.807, 2.05) is 7.11 Å². The number of rotatable bonds is 14. The summed E-state index contributed by atoms with van der Waals surface area (Å²) < 4.78 is 62.2. The van der Waals surface area contributed by atoms with Gasteiger partial charge >= 0.3 is 0 Å². The highest BCUT2D eigenvalue weighted by Gasteiger charge is 2.80. The van der Waals surface area contributed by atoms with Crippen LogP contribution in [-0.4, -0.2) is 270 Å². The summed E-state index contributed by atoms with van der Waals surface area (Å²) in [5, 5.41) is 162. The van der Waals surface area contributed by atoms with Gasteiger partial charge in [-0.1, -0.05) is 121 Å². The summed E-state index contributed by atoms with van der Waals surface area (Å²) in [4.78, 5) is 0. The molecule has 2 bridgehead atoms. The second-order valence-corrected chi connectivity index (χ2v) is 42.5. The Morgan fingerprint density at radius 1 is 0.473 bits per heavy atom. The smallest absolute Gasteiger partial charge is 0.187 e. The first kappa shape index (κ1) is 86.8. The summed E-state index contributed by atoms with van der Waals surface area (Å²) in [6, 6.07) is 0. The number of aliphatic hydroxyl groups is 15. The Kier molecular flexibility index (Phi) is 23.2. The van der Waals surface area contributed by atoms with Crippen LogP contribution in [-0.2, 0) is 47.4 Å². The molecule has 0 aromatic rings. The molecule has 0 radical (unpaired) electrons. The van der Waals surface area contributed by atoms with Crippen molar-refractivity contribution in [3.63, 3.8) is 0 Å². The second-order valence-electron chi connectivity index (χ2n) is 42.5. The van der Waals surface area contributed by atoms with E-state index in [9.17, 15) is 76.6 Å². The van der Waals surface area contributed by atoms with Crippen molar-refractivity contribution in [1.29, 1.82) is 0 Å². The first-order chi connectivity index (χ1) is 52.3. The maximum atomic E-state index is 12.3. The lowest BCUT2D eigenvalue weighted by atomic mass is 9.31. The van der Waals surface area contributed by atoms with Crippen molar-refractivity contribution in [2.24, 2.45) is 106 Å². The minimum absolute atomic E-state index is 0.00444. The van der Waals surface area contributed by atoms with Crippen LogP contribution in [0.1, 0.15) is 220 Å². The second kappa shape index (κ2) is 29.9. The zero-order chi connectivity index (χ0) is 81.7. The number of allylic oxidation sites excluding steroid dienone is 2. The summed E-state index contributed by atoms with van der Waals surface area (Å²) in [5.74, 6) is 1.83. The van der Waals surface area contributed by atoms with Gasteiger partial charge in [0, 0.05) is 46.0 Å². The van der Waals surface area contributed by atoms with E-state index < -0.39 is 165 Å². The number of aliphatic hydroxyl groups excluding tert-OH is 15. The van der Waals surface area contributed by atoms with Crippen molar-refractivity contribution >= 4 is 0 Å². The SMILES string of the molecule is CC[C@]12CCC(C)(C)C[C@H]1C1=C[C@@H](OC)[C@@H]3[C@@]4(C)CC[C@H](O[C@@H]5O[C@H](C)[C@H](O)[C@H](O[C@@H]6O[C@H](CO)[C@@H](O)[C@H](O)[C@H]6O)[C@H]5O)[C@@](C)(CO)[C@@H]4CC[C@@]3(C)[C@]1(C)CC2O.C[C@@H]1C[C@]2(C)[C@@]3(C=C[C@@H]4[C@@]5(C)CC[C@H](O[C@@H]6O[C@H](C)[C@H](O)[C@H](O[C@@H]7OC(CO)[C@@H](O)[C@@H](O)C7O)[C@H]6O)[C@@](C)(CO)[C@@H]5CC[C@]42C)OC[C@@]12CCC(C)(C)C[C@H]23. The van der Waals surface area contributed by atoms with Gasteiger partial charge in [0.2, 0.25) is 0 Å². The van der Waals surface area contributed by atoms with Gasteiger partial charge in [-0.15, -0.1) is 0 Å². The van der Waals surface area contributed by atoms with Crippen molar-refractivity contribution in [2.45, 2.75) is 373 Å². The lowest BCUT2D eigenvalue weighted by molar-refractivity contribution is -0.368. The van der Waals surface area contributed by atoms with Gasteiger partial charge in [-0.05, 0) is 190 Å². The van der Waals surface area contributed by atoms with Crippen molar-refractivity contribution in [3.8, 4) is 0 Å². The van der Waals surface area contributed by atoms with Crippen molar-refractivity contribution in [2.75, 3.05) is 40.1 Å². The van der Waals surface area contributed by atoms with Crippen molar-refractivity contribution in [3.05, 3.63) is 23.8 Å². The molecule has 8 saturated carbocycles. The summed E-state index contributed by atoms with van der Waals surface area (Å²) in [6.07, 6.45) is -6.25. The topological polar surface area (TPSA) is 396 Å².